The van der Waals surface area contributed by atoms with Crippen molar-refractivity contribution in [1.29, 1.82) is 0 Å². The first kappa shape index (κ1) is 28.5. The predicted octanol–water partition coefficient (Wildman–Crippen LogP) is 6.46. The van der Waals surface area contributed by atoms with Gasteiger partial charge in [0.25, 0.3) is 5.91 Å². The molecule has 6 rings (SSSR count). The zero-order valence-electron chi connectivity index (χ0n) is 23.6. The Morgan fingerprint density at radius 2 is 1.09 bits per heavy atom. The molecule has 43 heavy (non-hydrogen) atoms. The maximum absolute atomic E-state index is 14.6. The van der Waals surface area contributed by atoms with E-state index in [4.69, 9.17) is 4.99 Å². The minimum absolute atomic E-state index is 0.0254. The van der Waals surface area contributed by atoms with Gasteiger partial charge in [0, 0.05) is 11.1 Å². The molecular weight excluding hydrogens is 567 g/mol. The van der Waals surface area contributed by atoms with Gasteiger partial charge in [-0.05, 0) is 29.7 Å². The summed E-state index contributed by atoms with van der Waals surface area (Å²) in [6.45, 7) is -0.786. The fourth-order valence-electron chi connectivity index (χ4n) is 5.26. The lowest BCUT2D eigenvalue weighted by Crippen LogP contribution is -2.38. The lowest BCUT2D eigenvalue weighted by atomic mass is 10.1. The number of rotatable bonds is 7. The number of aryl methyl sites for hydroxylation is 1. The van der Waals surface area contributed by atoms with E-state index < -0.39 is 6.89 Å². The molecule has 0 saturated heterocycles. The number of amidine groups is 1. The van der Waals surface area contributed by atoms with Crippen molar-refractivity contribution in [3.8, 4) is 0 Å². The summed E-state index contributed by atoms with van der Waals surface area (Å²) in [7, 11) is 0. The van der Waals surface area contributed by atoms with Crippen molar-refractivity contribution >= 4 is 62.4 Å². The highest BCUT2D eigenvalue weighted by Crippen LogP contribution is 2.48. The first-order valence-electron chi connectivity index (χ1n) is 14.0. The topological polar surface area (TPSA) is 58.9 Å². The summed E-state index contributed by atoms with van der Waals surface area (Å²) in [5.41, 5.74) is 2.49. The number of carbonyl (C=O) groups is 2. The number of nitrogens with zero attached hydrogens (tertiary/aromatic N) is 2. The molecular formula is C37H29N2O2PS. The Hall–Kier alpha value is -4.57. The molecule has 4 nitrogen and oxygen atoms in total. The van der Waals surface area contributed by atoms with E-state index in [9.17, 15) is 9.59 Å². The number of thioether (sulfide) groups is 1. The van der Waals surface area contributed by atoms with Gasteiger partial charge in [0.15, 0.2) is 11.6 Å². The smallest absolute Gasteiger partial charge is 0.282 e. The molecule has 0 fully saturated rings. The van der Waals surface area contributed by atoms with Crippen molar-refractivity contribution in [1.82, 2.24) is 0 Å². The van der Waals surface area contributed by atoms with E-state index in [2.05, 4.69) is 41.4 Å². The highest BCUT2D eigenvalue weighted by atomic mass is 32.2. The summed E-state index contributed by atoms with van der Waals surface area (Å²) < 4.78 is 0. The van der Waals surface area contributed by atoms with E-state index in [1.165, 1.54) is 11.8 Å². The Labute approximate surface area is 256 Å². The number of hydrogen-bond donors (Lipinski definition) is 0. The van der Waals surface area contributed by atoms with Gasteiger partial charge in [-0.3, -0.25) is 9.59 Å². The molecule has 0 aromatic heterocycles. The van der Waals surface area contributed by atoms with Crippen LogP contribution in [0.5, 0.6) is 0 Å². The van der Waals surface area contributed by atoms with Crippen molar-refractivity contribution in [2.24, 2.45) is 9.98 Å². The van der Waals surface area contributed by atoms with Crippen molar-refractivity contribution < 1.29 is 9.59 Å². The third kappa shape index (κ3) is 5.75. The maximum atomic E-state index is 14.6. The van der Waals surface area contributed by atoms with E-state index >= 15 is 0 Å². The summed E-state index contributed by atoms with van der Waals surface area (Å²) in [6, 6.07) is 47.6. The van der Waals surface area contributed by atoms with Gasteiger partial charge in [-0.25, -0.2) is 4.99 Å². The molecule has 5 aromatic rings. The molecule has 0 bridgehead atoms. The van der Waals surface area contributed by atoms with Gasteiger partial charge in [-0.15, -0.1) is 0 Å². The van der Waals surface area contributed by atoms with Crippen LogP contribution in [0.25, 0.3) is 0 Å². The second-order valence-corrected chi connectivity index (χ2v) is 14.4. The number of Topliss-reactive ketones (excluding diaryl/α,β-unsaturated/α-hetero) is 1. The molecule has 0 radical (unpaired) electrons. The molecule has 0 saturated carbocycles. The van der Waals surface area contributed by atoms with E-state index in [0.717, 1.165) is 27.0 Å². The van der Waals surface area contributed by atoms with Gasteiger partial charge >= 0.3 is 0 Å². The molecule has 1 aliphatic rings. The quantitative estimate of drug-likeness (QED) is 0.160. The summed E-state index contributed by atoms with van der Waals surface area (Å²) >= 11 is 1.31. The minimum atomic E-state index is -2.80. The largest absolute Gasteiger partial charge is 0.293 e. The first-order valence-corrected chi connectivity index (χ1v) is 16.8. The number of amides is 1. The number of hydrogen-bond acceptors (Lipinski definition) is 4. The van der Waals surface area contributed by atoms with Gasteiger partial charge in [-0.1, -0.05) is 163 Å². The van der Waals surface area contributed by atoms with E-state index in [-0.39, 0.29) is 17.4 Å². The van der Waals surface area contributed by atoms with Crippen LogP contribution in [0, 0.1) is 6.92 Å². The Balaban J connectivity index is 1.65. The zero-order chi connectivity index (χ0) is 29.6. The molecule has 210 valence electrons. The molecule has 1 heterocycles. The molecule has 0 unspecified atom stereocenters. The minimum Gasteiger partial charge on any atom is -0.293 e. The fraction of sp³-hybridized carbons (Fsp3) is 0.0541. The van der Waals surface area contributed by atoms with Gasteiger partial charge in [0.1, 0.15) is 5.04 Å². The van der Waals surface area contributed by atoms with E-state index in [1.54, 1.807) is 0 Å². The maximum Gasteiger partial charge on any atom is 0.282 e. The Bertz CT molecular complexity index is 1780. The Morgan fingerprint density at radius 1 is 0.628 bits per heavy atom. The third-order valence-corrected chi connectivity index (χ3v) is 12.8. The summed E-state index contributed by atoms with van der Waals surface area (Å²) in [6.07, 6.45) is 0. The molecule has 1 aliphatic heterocycles. The van der Waals surface area contributed by atoms with Crippen molar-refractivity contribution in [3.63, 3.8) is 0 Å². The van der Waals surface area contributed by atoms with Crippen molar-refractivity contribution in [2.75, 3.05) is 5.75 Å². The van der Waals surface area contributed by atoms with Gasteiger partial charge in [-0.2, -0.15) is 4.99 Å². The predicted molar refractivity (Wildman–Crippen MR) is 184 cm³/mol. The molecule has 0 spiro atoms. The number of ketones is 1. The average Bonchev–Trinajstić information content (AvgIpc) is 3.07. The normalized spacial score (nSPS) is 13.3. The Kier molecular flexibility index (Phi) is 8.46. The highest BCUT2D eigenvalue weighted by Gasteiger charge is 2.38. The van der Waals surface area contributed by atoms with Gasteiger partial charge in [0.05, 0.1) is 11.0 Å². The van der Waals surface area contributed by atoms with Crippen LogP contribution in [-0.2, 0) is 4.79 Å². The summed E-state index contributed by atoms with van der Waals surface area (Å²) in [4.78, 5) is 37.6. The summed E-state index contributed by atoms with van der Waals surface area (Å²) in [5, 5.41) is 4.13. The lowest BCUT2D eigenvalue weighted by molar-refractivity contribution is -0.111. The SMILES string of the molecule is Cc1ccc(C2=NC(=O)C(=P(c3ccccc3)(c3ccccc3)c3ccccc3)C(SCC(=O)c3ccccc3)=N2)cc1. The molecule has 0 N–H and O–H groups in total. The number of aliphatic imine (C=N–C) groups is 2. The van der Waals surface area contributed by atoms with Crippen LogP contribution in [0.2, 0.25) is 0 Å². The second kappa shape index (κ2) is 12.7. The van der Waals surface area contributed by atoms with Crippen LogP contribution in [0.4, 0.5) is 0 Å². The third-order valence-electron chi connectivity index (χ3n) is 7.33. The van der Waals surface area contributed by atoms with E-state index in [1.807, 2.05) is 116 Å². The van der Waals surface area contributed by atoms with Crippen LogP contribution < -0.4 is 15.9 Å². The standard InChI is InChI=1S/C37H29N2O2PS/c1-27-22-24-29(25-23-27)35-38-36(41)34(37(39-35)43-26-33(40)28-14-6-2-7-15-28)42(30-16-8-3-9-17-30,31-18-10-4-11-19-31)32-20-12-5-13-21-32/h2-25H,26H2,1H3. The molecule has 6 heteroatoms. The second-order valence-electron chi connectivity index (χ2n) is 10.1. The van der Waals surface area contributed by atoms with Crippen LogP contribution in [-0.4, -0.2) is 33.6 Å². The fourth-order valence-corrected chi connectivity index (χ4v) is 10.9. The Morgan fingerprint density at radius 3 is 1.58 bits per heavy atom. The van der Waals surface area contributed by atoms with E-state index in [0.29, 0.717) is 21.7 Å². The molecule has 0 atom stereocenters. The first-order chi connectivity index (χ1) is 21.1. The average molecular weight is 597 g/mol. The van der Waals surface area contributed by atoms with Gasteiger partial charge < -0.3 is 0 Å². The van der Waals surface area contributed by atoms with Crippen LogP contribution in [0.3, 0.4) is 0 Å². The molecule has 1 amide bonds. The van der Waals surface area contributed by atoms with Crippen molar-refractivity contribution in [3.05, 3.63) is 162 Å². The highest BCUT2D eigenvalue weighted by molar-refractivity contribution is 8.19. The number of carbonyl (C=O) groups excluding carboxylic acids is 2. The lowest BCUT2D eigenvalue weighted by Gasteiger charge is -2.33. The van der Waals surface area contributed by atoms with Crippen LogP contribution in [0.1, 0.15) is 21.5 Å². The summed E-state index contributed by atoms with van der Waals surface area (Å²) in [5.74, 6) is 0.141. The van der Waals surface area contributed by atoms with Crippen LogP contribution >= 0.6 is 18.6 Å². The number of benzene rings is 5. The molecule has 5 aromatic carbocycles. The zero-order valence-corrected chi connectivity index (χ0v) is 25.3. The van der Waals surface area contributed by atoms with Crippen molar-refractivity contribution in [2.45, 2.75) is 6.92 Å². The van der Waals surface area contributed by atoms with Gasteiger partial charge in [0.2, 0.25) is 0 Å². The van der Waals surface area contributed by atoms with Crippen LogP contribution in [0.15, 0.2) is 156 Å². The molecule has 0 aliphatic carbocycles. The monoisotopic (exact) mass is 596 g/mol.